The van der Waals surface area contributed by atoms with E-state index in [2.05, 4.69) is 10.1 Å². The fraction of sp³-hybridized carbons (Fsp3) is 0.0556. The first-order chi connectivity index (χ1) is 12.1. The van der Waals surface area contributed by atoms with Crippen molar-refractivity contribution in [2.75, 3.05) is 0 Å². The third-order valence-corrected chi connectivity index (χ3v) is 3.78. The molecule has 0 saturated heterocycles. The molecule has 3 rings (SSSR count). The summed E-state index contributed by atoms with van der Waals surface area (Å²) in [7, 11) is 0. The lowest BCUT2D eigenvalue weighted by atomic mass is 10.2. The molecule has 2 aromatic carbocycles. The van der Waals surface area contributed by atoms with Gasteiger partial charge in [-0.1, -0.05) is 52.6 Å². The molecule has 0 unspecified atom stereocenters. The smallest absolute Gasteiger partial charge is 0.331 e. The van der Waals surface area contributed by atoms with Gasteiger partial charge in [-0.25, -0.2) is 4.79 Å². The van der Waals surface area contributed by atoms with Crippen molar-refractivity contribution in [3.63, 3.8) is 0 Å². The molecule has 7 heteroatoms. The molecule has 3 aromatic rings. The molecule has 1 heterocycles. The number of carbonyl (C=O) groups is 1. The number of hydrogen-bond donors (Lipinski definition) is 0. The summed E-state index contributed by atoms with van der Waals surface area (Å²) >= 11 is 11.9. The average molecular weight is 375 g/mol. The minimum absolute atomic E-state index is 0.124. The first-order valence-corrected chi connectivity index (χ1v) is 8.05. The molecule has 0 aliphatic heterocycles. The minimum Gasteiger partial charge on any atom is -0.452 e. The van der Waals surface area contributed by atoms with Crippen molar-refractivity contribution in [2.24, 2.45) is 0 Å². The molecule has 0 N–H and O–H groups in total. The third-order valence-electron chi connectivity index (χ3n) is 3.20. The Bertz CT molecular complexity index is 905. The third kappa shape index (κ3) is 4.68. The van der Waals surface area contributed by atoms with E-state index in [0.717, 1.165) is 5.56 Å². The molecule has 126 valence electrons. The van der Waals surface area contributed by atoms with Gasteiger partial charge >= 0.3 is 5.97 Å². The molecule has 5 nitrogen and oxygen atoms in total. The van der Waals surface area contributed by atoms with Crippen molar-refractivity contribution in [3.05, 3.63) is 76.1 Å². The van der Waals surface area contributed by atoms with Gasteiger partial charge in [0.15, 0.2) is 6.61 Å². The number of esters is 1. The lowest BCUT2D eigenvalue weighted by Crippen LogP contribution is -2.00. The Balaban J connectivity index is 1.58. The van der Waals surface area contributed by atoms with Crippen molar-refractivity contribution >= 4 is 35.2 Å². The Morgan fingerprint density at radius 3 is 2.64 bits per heavy atom. The number of rotatable bonds is 5. The van der Waals surface area contributed by atoms with Gasteiger partial charge in [-0.05, 0) is 35.9 Å². The minimum atomic E-state index is -0.521. The lowest BCUT2D eigenvalue weighted by molar-refractivity contribution is -0.139. The van der Waals surface area contributed by atoms with Crippen LogP contribution in [-0.2, 0) is 16.1 Å². The van der Waals surface area contributed by atoms with Crippen LogP contribution < -0.4 is 0 Å². The van der Waals surface area contributed by atoms with Gasteiger partial charge in [-0.3, -0.25) is 0 Å². The van der Waals surface area contributed by atoms with Crippen molar-refractivity contribution in [3.8, 4) is 11.4 Å². The molecule has 0 spiro atoms. The number of aromatic nitrogens is 2. The summed E-state index contributed by atoms with van der Waals surface area (Å²) < 4.78 is 10.1. The first-order valence-electron chi connectivity index (χ1n) is 7.30. The summed E-state index contributed by atoms with van der Waals surface area (Å²) in [5, 5.41) is 4.98. The molecule has 0 aliphatic carbocycles. The van der Waals surface area contributed by atoms with Crippen molar-refractivity contribution in [2.45, 2.75) is 6.61 Å². The maximum absolute atomic E-state index is 11.7. The highest BCUT2D eigenvalue weighted by Crippen LogP contribution is 2.24. The van der Waals surface area contributed by atoms with E-state index in [1.807, 2.05) is 12.1 Å². The fourth-order valence-corrected chi connectivity index (χ4v) is 2.33. The van der Waals surface area contributed by atoms with Crippen LogP contribution in [-0.4, -0.2) is 16.1 Å². The molecule has 0 aliphatic rings. The van der Waals surface area contributed by atoms with Gasteiger partial charge in [0.1, 0.15) is 0 Å². The van der Waals surface area contributed by atoms with Crippen LogP contribution in [0.1, 0.15) is 11.5 Å². The van der Waals surface area contributed by atoms with Gasteiger partial charge in [0.2, 0.25) is 5.82 Å². The predicted molar refractivity (Wildman–Crippen MR) is 95.0 cm³/mol. The van der Waals surface area contributed by atoms with E-state index in [0.29, 0.717) is 21.4 Å². The Kier molecular flexibility index (Phi) is 5.48. The normalized spacial score (nSPS) is 11.0. The Morgan fingerprint density at radius 1 is 1.12 bits per heavy atom. The molecule has 0 radical (unpaired) electrons. The van der Waals surface area contributed by atoms with Gasteiger partial charge in [0, 0.05) is 16.7 Å². The quantitative estimate of drug-likeness (QED) is 0.473. The standard InChI is InChI=1S/C18H12Cl2N2O3/c19-13-8-5-12(6-9-13)7-10-17(23)24-11-16-21-18(22-25-16)14-3-1-2-4-15(14)20/h1-10H,11H2/b10-7+. The van der Waals surface area contributed by atoms with Crippen LogP contribution in [0.25, 0.3) is 17.5 Å². The van der Waals surface area contributed by atoms with Crippen molar-refractivity contribution < 1.29 is 14.1 Å². The molecule has 0 atom stereocenters. The predicted octanol–water partition coefficient (Wildman–Crippen LogP) is 4.80. The van der Waals surface area contributed by atoms with E-state index in [4.69, 9.17) is 32.5 Å². The van der Waals surface area contributed by atoms with E-state index in [9.17, 15) is 4.79 Å². The van der Waals surface area contributed by atoms with E-state index in [1.165, 1.54) is 6.08 Å². The van der Waals surface area contributed by atoms with Gasteiger partial charge in [0.25, 0.3) is 5.89 Å². The summed E-state index contributed by atoms with van der Waals surface area (Å²) in [5.74, 6) is 0.00367. The SMILES string of the molecule is O=C(/C=C/c1ccc(Cl)cc1)OCc1nc(-c2ccccc2Cl)no1. The highest BCUT2D eigenvalue weighted by molar-refractivity contribution is 6.33. The number of halogens is 2. The summed E-state index contributed by atoms with van der Waals surface area (Å²) in [5.41, 5.74) is 1.48. The molecular weight excluding hydrogens is 363 g/mol. The number of benzene rings is 2. The lowest BCUT2D eigenvalue weighted by Gasteiger charge is -1.97. The van der Waals surface area contributed by atoms with Gasteiger partial charge in [-0.15, -0.1) is 0 Å². The Labute approximate surface area is 153 Å². The molecule has 1 aromatic heterocycles. The first kappa shape index (κ1) is 17.2. The zero-order chi connectivity index (χ0) is 17.6. The Morgan fingerprint density at radius 2 is 1.88 bits per heavy atom. The van der Waals surface area contributed by atoms with Crippen LogP contribution in [0.5, 0.6) is 0 Å². The molecule has 0 fully saturated rings. The van der Waals surface area contributed by atoms with E-state index in [1.54, 1.807) is 42.5 Å². The van der Waals surface area contributed by atoms with Crippen LogP contribution in [0.15, 0.2) is 59.1 Å². The second-order valence-electron chi connectivity index (χ2n) is 4.98. The van der Waals surface area contributed by atoms with Crippen LogP contribution in [0.3, 0.4) is 0 Å². The zero-order valence-corrected chi connectivity index (χ0v) is 14.4. The largest absolute Gasteiger partial charge is 0.452 e. The van der Waals surface area contributed by atoms with Gasteiger partial charge in [-0.2, -0.15) is 4.98 Å². The summed E-state index contributed by atoms with van der Waals surface area (Å²) in [6.45, 7) is -0.124. The topological polar surface area (TPSA) is 65.2 Å². The van der Waals surface area contributed by atoms with Crippen LogP contribution in [0.4, 0.5) is 0 Å². The molecule has 25 heavy (non-hydrogen) atoms. The van der Waals surface area contributed by atoms with Crippen molar-refractivity contribution in [1.29, 1.82) is 0 Å². The second kappa shape index (κ2) is 7.96. The Hall–Kier alpha value is -2.63. The summed E-state index contributed by atoms with van der Waals surface area (Å²) in [6.07, 6.45) is 2.94. The number of carbonyl (C=O) groups excluding carboxylic acids is 1. The highest BCUT2D eigenvalue weighted by atomic mass is 35.5. The van der Waals surface area contributed by atoms with E-state index in [-0.39, 0.29) is 12.5 Å². The van der Waals surface area contributed by atoms with Crippen LogP contribution in [0, 0.1) is 0 Å². The molecule has 0 bridgehead atoms. The maximum Gasteiger partial charge on any atom is 0.331 e. The van der Waals surface area contributed by atoms with Crippen LogP contribution in [0.2, 0.25) is 10.0 Å². The summed E-state index contributed by atoms with van der Waals surface area (Å²) in [6, 6.07) is 14.2. The average Bonchev–Trinajstić information content (AvgIpc) is 3.08. The van der Waals surface area contributed by atoms with E-state index >= 15 is 0 Å². The number of ether oxygens (including phenoxy) is 1. The van der Waals surface area contributed by atoms with Gasteiger partial charge < -0.3 is 9.26 Å². The summed E-state index contributed by atoms with van der Waals surface area (Å²) in [4.78, 5) is 15.9. The maximum atomic E-state index is 11.7. The monoisotopic (exact) mass is 374 g/mol. The molecular formula is C18H12Cl2N2O3. The fourth-order valence-electron chi connectivity index (χ4n) is 1.98. The highest BCUT2D eigenvalue weighted by Gasteiger charge is 2.12. The molecule has 0 saturated carbocycles. The number of hydrogen-bond acceptors (Lipinski definition) is 5. The zero-order valence-electron chi connectivity index (χ0n) is 12.9. The number of nitrogens with zero attached hydrogens (tertiary/aromatic N) is 2. The van der Waals surface area contributed by atoms with Gasteiger partial charge in [0.05, 0.1) is 5.02 Å². The van der Waals surface area contributed by atoms with Crippen molar-refractivity contribution in [1.82, 2.24) is 10.1 Å². The second-order valence-corrected chi connectivity index (χ2v) is 5.83. The van der Waals surface area contributed by atoms with E-state index < -0.39 is 5.97 Å². The molecule has 0 amide bonds. The van der Waals surface area contributed by atoms with Crippen LogP contribution >= 0.6 is 23.2 Å².